The molecule has 10 heavy (non-hydrogen) atoms. The molecule has 0 atom stereocenters. The number of rotatable bonds is 2. The van der Waals surface area contributed by atoms with Crippen LogP contribution in [-0.2, 0) is 0 Å². The standard InChI is InChI=1S/C8H12N2/c1-3-4-7-10-8(2)5-6-9-10/h3-5,7,9H,1,6H2,2H3/b7-4-. The summed E-state index contributed by atoms with van der Waals surface area (Å²) in [6, 6.07) is 0. The van der Waals surface area contributed by atoms with Gasteiger partial charge >= 0.3 is 0 Å². The van der Waals surface area contributed by atoms with Gasteiger partial charge in [-0.15, -0.1) is 0 Å². The van der Waals surface area contributed by atoms with Crippen LogP contribution in [0.1, 0.15) is 6.92 Å². The Balaban J connectivity index is 2.50. The maximum absolute atomic E-state index is 3.59. The van der Waals surface area contributed by atoms with Crippen LogP contribution in [0.25, 0.3) is 0 Å². The Bertz CT molecular complexity index is 180. The van der Waals surface area contributed by atoms with Gasteiger partial charge in [0.1, 0.15) is 0 Å². The molecule has 1 aliphatic rings. The van der Waals surface area contributed by atoms with Crippen LogP contribution in [-0.4, -0.2) is 11.6 Å². The van der Waals surface area contributed by atoms with Crippen molar-refractivity contribution in [1.82, 2.24) is 10.4 Å². The molecule has 54 valence electrons. The van der Waals surface area contributed by atoms with E-state index >= 15 is 0 Å². The van der Waals surface area contributed by atoms with Crippen LogP contribution >= 0.6 is 0 Å². The smallest absolute Gasteiger partial charge is 0.0355 e. The molecular weight excluding hydrogens is 124 g/mol. The van der Waals surface area contributed by atoms with Gasteiger partial charge in [-0.3, -0.25) is 5.01 Å². The Labute approximate surface area is 61.5 Å². The zero-order chi connectivity index (χ0) is 7.40. The van der Waals surface area contributed by atoms with Crippen molar-refractivity contribution in [3.05, 3.63) is 36.7 Å². The van der Waals surface area contributed by atoms with Crippen molar-refractivity contribution >= 4 is 0 Å². The highest BCUT2D eigenvalue weighted by molar-refractivity contribution is 5.09. The first-order chi connectivity index (χ1) is 4.84. The van der Waals surface area contributed by atoms with Crippen molar-refractivity contribution in [2.75, 3.05) is 6.54 Å². The Hall–Kier alpha value is -1.02. The average Bonchev–Trinajstić information content (AvgIpc) is 2.31. The van der Waals surface area contributed by atoms with Gasteiger partial charge in [0.05, 0.1) is 0 Å². The fourth-order valence-corrected chi connectivity index (χ4v) is 0.832. The maximum Gasteiger partial charge on any atom is 0.0355 e. The van der Waals surface area contributed by atoms with Crippen LogP contribution in [0.3, 0.4) is 0 Å². The van der Waals surface area contributed by atoms with Gasteiger partial charge < -0.3 is 0 Å². The van der Waals surface area contributed by atoms with Gasteiger partial charge in [0, 0.05) is 18.4 Å². The molecule has 1 N–H and O–H groups in total. The number of allylic oxidation sites excluding steroid dienone is 3. The third-order valence-electron chi connectivity index (χ3n) is 1.41. The highest BCUT2D eigenvalue weighted by Crippen LogP contribution is 2.05. The largest absolute Gasteiger partial charge is 0.289 e. The predicted octanol–water partition coefficient (Wildman–Crippen LogP) is 1.41. The van der Waals surface area contributed by atoms with Gasteiger partial charge in [0.15, 0.2) is 0 Å². The van der Waals surface area contributed by atoms with Gasteiger partial charge in [-0.25, -0.2) is 5.43 Å². The Morgan fingerprint density at radius 2 is 2.60 bits per heavy atom. The second kappa shape index (κ2) is 3.22. The Kier molecular flexibility index (Phi) is 2.29. The molecule has 0 bridgehead atoms. The topological polar surface area (TPSA) is 15.3 Å². The van der Waals surface area contributed by atoms with Crippen LogP contribution in [0.4, 0.5) is 0 Å². The highest BCUT2D eigenvalue weighted by atomic mass is 15.5. The zero-order valence-electron chi connectivity index (χ0n) is 6.17. The van der Waals surface area contributed by atoms with E-state index in [9.17, 15) is 0 Å². The van der Waals surface area contributed by atoms with Crippen molar-refractivity contribution < 1.29 is 0 Å². The summed E-state index contributed by atoms with van der Waals surface area (Å²) in [7, 11) is 0. The number of nitrogens with zero attached hydrogens (tertiary/aromatic N) is 1. The molecule has 1 heterocycles. The summed E-state index contributed by atoms with van der Waals surface area (Å²) in [6.45, 7) is 6.57. The Morgan fingerprint density at radius 3 is 3.10 bits per heavy atom. The summed E-state index contributed by atoms with van der Waals surface area (Å²) in [5.41, 5.74) is 4.38. The van der Waals surface area contributed by atoms with Crippen LogP contribution in [0, 0.1) is 0 Å². The second-order valence-corrected chi connectivity index (χ2v) is 2.15. The first-order valence-electron chi connectivity index (χ1n) is 3.33. The first kappa shape index (κ1) is 7.09. The molecular formula is C8H12N2. The molecule has 0 radical (unpaired) electrons. The fourth-order valence-electron chi connectivity index (χ4n) is 0.832. The third-order valence-corrected chi connectivity index (χ3v) is 1.41. The molecule has 1 aliphatic heterocycles. The molecule has 2 nitrogen and oxygen atoms in total. The van der Waals surface area contributed by atoms with E-state index in [0.717, 1.165) is 6.54 Å². The minimum atomic E-state index is 0.924. The summed E-state index contributed by atoms with van der Waals surface area (Å²) >= 11 is 0. The van der Waals surface area contributed by atoms with Gasteiger partial charge in [-0.1, -0.05) is 12.7 Å². The monoisotopic (exact) mass is 136 g/mol. The normalized spacial score (nSPS) is 18.1. The van der Waals surface area contributed by atoms with Crippen molar-refractivity contribution in [2.24, 2.45) is 0 Å². The molecule has 0 aromatic heterocycles. The van der Waals surface area contributed by atoms with E-state index < -0.39 is 0 Å². The summed E-state index contributed by atoms with van der Waals surface area (Å²) in [5, 5.41) is 1.97. The van der Waals surface area contributed by atoms with E-state index in [0.29, 0.717) is 0 Å². The van der Waals surface area contributed by atoms with E-state index in [1.807, 2.05) is 17.3 Å². The Morgan fingerprint density at radius 1 is 1.80 bits per heavy atom. The molecule has 2 heteroatoms. The zero-order valence-corrected chi connectivity index (χ0v) is 6.17. The van der Waals surface area contributed by atoms with E-state index in [2.05, 4.69) is 25.0 Å². The summed E-state index contributed by atoms with van der Waals surface area (Å²) in [6.07, 6.45) is 7.74. The number of hydrogen-bond acceptors (Lipinski definition) is 2. The quantitative estimate of drug-likeness (QED) is 0.577. The molecule has 0 aromatic carbocycles. The van der Waals surface area contributed by atoms with E-state index in [4.69, 9.17) is 0 Å². The van der Waals surface area contributed by atoms with Crippen LogP contribution in [0.5, 0.6) is 0 Å². The first-order valence-corrected chi connectivity index (χ1v) is 3.33. The minimum absolute atomic E-state index is 0.924. The summed E-state index contributed by atoms with van der Waals surface area (Å²) < 4.78 is 0. The molecule has 0 aromatic rings. The number of hydrogen-bond donors (Lipinski definition) is 1. The van der Waals surface area contributed by atoms with E-state index in [1.54, 1.807) is 6.08 Å². The number of hydrazine groups is 1. The molecule has 0 spiro atoms. The lowest BCUT2D eigenvalue weighted by Gasteiger charge is -2.13. The predicted molar refractivity (Wildman–Crippen MR) is 42.9 cm³/mol. The van der Waals surface area contributed by atoms with Crippen LogP contribution in [0.15, 0.2) is 36.7 Å². The minimum Gasteiger partial charge on any atom is -0.289 e. The van der Waals surface area contributed by atoms with Crippen molar-refractivity contribution in [2.45, 2.75) is 6.92 Å². The maximum atomic E-state index is 3.59. The molecule has 0 fully saturated rings. The molecule has 0 saturated carbocycles. The van der Waals surface area contributed by atoms with Crippen LogP contribution < -0.4 is 5.43 Å². The van der Waals surface area contributed by atoms with Crippen molar-refractivity contribution in [3.8, 4) is 0 Å². The van der Waals surface area contributed by atoms with Crippen molar-refractivity contribution in [1.29, 1.82) is 0 Å². The SMILES string of the molecule is C=C/C=C\N1NCC=C1C. The average molecular weight is 136 g/mol. The molecule has 0 aliphatic carbocycles. The van der Waals surface area contributed by atoms with Crippen molar-refractivity contribution in [3.63, 3.8) is 0 Å². The fraction of sp³-hybridized carbons (Fsp3) is 0.250. The molecule has 0 unspecified atom stereocenters. The van der Waals surface area contributed by atoms with E-state index in [-0.39, 0.29) is 0 Å². The lowest BCUT2D eigenvalue weighted by molar-refractivity contribution is 0.389. The third kappa shape index (κ3) is 1.48. The second-order valence-electron chi connectivity index (χ2n) is 2.15. The van der Waals surface area contributed by atoms with Gasteiger partial charge in [-0.05, 0) is 19.1 Å². The van der Waals surface area contributed by atoms with Crippen LogP contribution in [0.2, 0.25) is 0 Å². The highest BCUT2D eigenvalue weighted by Gasteiger charge is 2.04. The number of nitrogens with one attached hydrogen (secondary N) is 1. The van der Waals surface area contributed by atoms with E-state index in [1.165, 1.54) is 5.70 Å². The molecule has 1 rings (SSSR count). The van der Waals surface area contributed by atoms with Gasteiger partial charge in [-0.2, -0.15) is 0 Å². The van der Waals surface area contributed by atoms with Gasteiger partial charge in [0.2, 0.25) is 0 Å². The molecule has 0 saturated heterocycles. The van der Waals surface area contributed by atoms with Gasteiger partial charge in [0.25, 0.3) is 0 Å². The molecule has 0 amide bonds. The lowest BCUT2D eigenvalue weighted by Crippen LogP contribution is -2.25. The summed E-state index contributed by atoms with van der Waals surface area (Å²) in [4.78, 5) is 0. The summed E-state index contributed by atoms with van der Waals surface area (Å²) in [5.74, 6) is 0. The lowest BCUT2D eigenvalue weighted by atomic mass is 10.4.